The second-order valence-electron chi connectivity index (χ2n) is 4.68. The van der Waals surface area contributed by atoms with Gasteiger partial charge in [-0.3, -0.25) is 4.79 Å². The average Bonchev–Trinajstić information content (AvgIpc) is 2.72. The number of amides is 1. The number of hydrogen-bond acceptors (Lipinski definition) is 3. The molecule has 0 aliphatic carbocycles. The zero-order chi connectivity index (χ0) is 12.8. The molecule has 0 radical (unpaired) electrons. The van der Waals surface area contributed by atoms with E-state index in [0.29, 0.717) is 12.5 Å². The lowest BCUT2D eigenvalue weighted by molar-refractivity contribution is -0.122. The molecular weight excluding hydrogens is 268 g/mol. The topological polar surface area (TPSA) is 55.1 Å². The monoisotopic (exact) mass is 290 g/mol. The maximum Gasteiger partial charge on any atom is 0.237 e. The number of carbonyl (C=O) groups is 1. The molecule has 1 aromatic rings. The Morgan fingerprint density at radius 1 is 1.39 bits per heavy atom. The fourth-order valence-corrected chi connectivity index (χ4v) is 2.53. The van der Waals surface area contributed by atoms with Crippen LogP contribution in [0.25, 0.3) is 0 Å². The van der Waals surface area contributed by atoms with Crippen LogP contribution in [0, 0.1) is 5.92 Å². The first-order valence-corrected chi connectivity index (χ1v) is 6.95. The third-order valence-electron chi connectivity index (χ3n) is 2.56. The number of carbonyl (C=O) groups excluding carboxylic acids is 1. The van der Waals surface area contributed by atoms with Crippen molar-refractivity contribution >= 4 is 29.7 Å². The number of nitrogens with one attached hydrogen (secondary N) is 1. The van der Waals surface area contributed by atoms with Crippen LogP contribution in [0.15, 0.2) is 12.1 Å². The normalized spacial score (nSPS) is 12.1. The van der Waals surface area contributed by atoms with E-state index in [1.54, 1.807) is 11.3 Å². The molecular formula is C13H23ClN2OS. The van der Waals surface area contributed by atoms with Crippen LogP contribution in [0.5, 0.6) is 0 Å². The highest BCUT2D eigenvalue weighted by molar-refractivity contribution is 7.11. The quantitative estimate of drug-likeness (QED) is 0.846. The Labute approximate surface area is 120 Å². The zero-order valence-electron chi connectivity index (χ0n) is 11.2. The summed E-state index contributed by atoms with van der Waals surface area (Å²) in [6.07, 6.45) is 1.78. The highest BCUT2D eigenvalue weighted by Gasteiger charge is 2.14. The van der Waals surface area contributed by atoms with Gasteiger partial charge in [-0.25, -0.2) is 0 Å². The molecule has 0 saturated heterocycles. The molecule has 1 aromatic heterocycles. The minimum atomic E-state index is -0.388. The fraction of sp³-hybridized carbons (Fsp3) is 0.615. The summed E-state index contributed by atoms with van der Waals surface area (Å²) in [6.45, 7) is 6.86. The minimum Gasteiger partial charge on any atom is -0.350 e. The molecule has 1 amide bonds. The van der Waals surface area contributed by atoms with Crippen LogP contribution < -0.4 is 11.1 Å². The van der Waals surface area contributed by atoms with Crippen molar-refractivity contribution in [1.29, 1.82) is 0 Å². The number of rotatable bonds is 6. The van der Waals surface area contributed by atoms with Gasteiger partial charge >= 0.3 is 0 Å². The Kier molecular flexibility index (Phi) is 8.24. The summed E-state index contributed by atoms with van der Waals surface area (Å²) in [5.41, 5.74) is 5.81. The largest absolute Gasteiger partial charge is 0.350 e. The minimum absolute atomic E-state index is 0. The Hall–Kier alpha value is -0.580. The van der Waals surface area contributed by atoms with Crippen LogP contribution >= 0.6 is 23.7 Å². The first-order valence-electron chi connectivity index (χ1n) is 6.13. The summed E-state index contributed by atoms with van der Waals surface area (Å²) in [5, 5.41) is 2.89. The van der Waals surface area contributed by atoms with Crippen LogP contribution in [0.4, 0.5) is 0 Å². The lowest BCUT2D eigenvalue weighted by Gasteiger charge is -2.13. The lowest BCUT2D eigenvalue weighted by atomic mass is 10.0. The third-order valence-corrected chi connectivity index (χ3v) is 3.79. The van der Waals surface area contributed by atoms with E-state index >= 15 is 0 Å². The van der Waals surface area contributed by atoms with Crippen LogP contribution in [-0.4, -0.2) is 11.9 Å². The Balaban J connectivity index is 0.00000289. The zero-order valence-corrected chi connectivity index (χ0v) is 12.9. The molecule has 0 fully saturated rings. The predicted octanol–water partition coefficient (Wildman–Crippen LogP) is 2.72. The molecule has 0 spiro atoms. The van der Waals surface area contributed by atoms with Gasteiger partial charge in [0.05, 0.1) is 12.6 Å². The van der Waals surface area contributed by atoms with Gasteiger partial charge in [0.2, 0.25) is 5.91 Å². The molecule has 1 rings (SSSR count). The van der Waals surface area contributed by atoms with E-state index in [0.717, 1.165) is 12.8 Å². The molecule has 3 nitrogen and oxygen atoms in total. The molecule has 1 heterocycles. The average molecular weight is 291 g/mol. The fourth-order valence-electron chi connectivity index (χ4n) is 1.63. The number of aryl methyl sites for hydroxylation is 1. The maximum atomic E-state index is 11.7. The van der Waals surface area contributed by atoms with Gasteiger partial charge < -0.3 is 11.1 Å². The first kappa shape index (κ1) is 17.4. The highest BCUT2D eigenvalue weighted by atomic mass is 35.5. The van der Waals surface area contributed by atoms with Crippen LogP contribution in [0.1, 0.15) is 36.9 Å². The van der Waals surface area contributed by atoms with Gasteiger partial charge in [0.1, 0.15) is 0 Å². The molecule has 1 atom stereocenters. The number of thiophene rings is 1. The summed E-state index contributed by atoms with van der Waals surface area (Å²) in [5.74, 6) is 0.398. The molecule has 104 valence electrons. The van der Waals surface area contributed by atoms with Gasteiger partial charge in [-0.1, -0.05) is 20.8 Å². The second kappa shape index (κ2) is 8.51. The van der Waals surface area contributed by atoms with Crippen molar-refractivity contribution in [1.82, 2.24) is 5.32 Å². The van der Waals surface area contributed by atoms with Gasteiger partial charge in [-0.05, 0) is 30.9 Å². The number of halogens is 1. The first-order chi connectivity index (χ1) is 8.02. The van der Waals surface area contributed by atoms with E-state index in [1.165, 1.54) is 9.75 Å². The van der Waals surface area contributed by atoms with E-state index in [1.807, 2.05) is 0 Å². The number of hydrogen-bond donors (Lipinski definition) is 2. The van der Waals surface area contributed by atoms with E-state index in [2.05, 4.69) is 38.2 Å². The molecule has 3 N–H and O–H groups in total. The van der Waals surface area contributed by atoms with Crippen molar-refractivity contribution < 1.29 is 4.79 Å². The van der Waals surface area contributed by atoms with Gasteiger partial charge in [0.25, 0.3) is 0 Å². The third kappa shape index (κ3) is 5.85. The van der Waals surface area contributed by atoms with Gasteiger partial charge in [-0.15, -0.1) is 23.7 Å². The molecule has 5 heteroatoms. The lowest BCUT2D eigenvalue weighted by Crippen LogP contribution is -2.40. The van der Waals surface area contributed by atoms with Crippen molar-refractivity contribution in [2.75, 3.05) is 0 Å². The van der Waals surface area contributed by atoms with Gasteiger partial charge in [0, 0.05) is 9.75 Å². The van der Waals surface area contributed by atoms with E-state index in [-0.39, 0.29) is 24.4 Å². The maximum absolute atomic E-state index is 11.7. The van der Waals surface area contributed by atoms with Crippen molar-refractivity contribution in [3.05, 3.63) is 21.9 Å². The summed E-state index contributed by atoms with van der Waals surface area (Å²) in [7, 11) is 0. The summed E-state index contributed by atoms with van der Waals surface area (Å²) in [4.78, 5) is 14.2. The summed E-state index contributed by atoms with van der Waals surface area (Å²) >= 11 is 1.74. The summed E-state index contributed by atoms with van der Waals surface area (Å²) < 4.78 is 0. The van der Waals surface area contributed by atoms with Crippen molar-refractivity contribution in [2.24, 2.45) is 11.7 Å². The molecule has 0 bridgehead atoms. The van der Waals surface area contributed by atoms with Crippen LogP contribution in [0.3, 0.4) is 0 Å². The Morgan fingerprint density at radius 2 is 2.00 bits per heavy atom. The standard InChI is InChI=1S/C13H22N2OS.ClH/c1-4-10-5-6-11(17-10)8-15-13(16)12(14)7-9(2)3;/h5-6,9,12H,4,7-8,14H2,1-3H3,(H,15,16);1H/t12-;/m0./s1. The van der Waals surface area contributed by atoms with Crippen molar-refractivity contribution in [3.63, 3.8) is 0 Å². The van der Waals surface area contributed by atoms with Crippen LogP contribution in [0.2, 0.25) is 0 Å². The van der Waals surface area contributed by atoms with Crippen molar-refractivity contribution in [2.45, 2.75) is 46.2 Å². The highest BCUT2D eigenvalue weighted by Crippen LogP contribution is 2.16. The van der Waals surface area contributed by atoms with E-state index < -0.39 is 0 Å². The second-order valence-corrected chi connectivity index (χ2v) is 5.93. The molecule has 0 saturated carbocycles. The van der Waals surface area contributed by atoms with Crippen molar-refractivity contribution in [3.8, 4) is 0 Å². The van der Waals surface area contributed by atoms with Gasteiger partial charge in [-0.2, -0.15) is 0 Å². The molecule has 0 aliphatic heterocycles. The SMILES string of the molecule is CCc1ccc(CNC(=O)[C@@H](N)CC(C)C)s1.Cl. The van der Waals surface area contributed by atoms with E-state index in [4.69, 9.17) is 5.73 Å². The van der Waals surface area contributed by atoms with Gasteiger partial charge in [0.15, 0.2) is 0 Å². The molecule has 18 heavy (non-hydrogen) atoms. The Morgan fingerprint density at radius 3 is 2.50 bits per heavy atom. The summed E-state index contributed by atoms with van der Waals surface area (Å²) in [6, 6.07) is 3.79. The predicted molar refractivity (Wildman–Crippen MR) is 80.2 cm³/mol. The van der Waals surface area contributed by atoms with Crippen LogP contribution in [-0.2, 0) is 17.8 Å². The molecule has 0 unspecified atom stereocenters. The molecule has 0 aliphatic rings. The number of nitrogens with two attached hydrogens (primary N) is 1. The molecule has 0 aromatic carbocycles. The van der Waals surface area contributed by atoms with E-state index in [9.17, 15) is 4.79 Å². The Bertz CT molecular complexity index is 366. The smallest absolute Gasteiger partial charge is 0.237 e.